The molecule has 29 heavy (non-hydrogen) atoms. The highest BCUT2D eigenvalue weighted by atomic mass is 79.9. The molecule has 1 heterocycles. The Labute approximate surface area is 184 Å². The highest BCUT2D eigenvalue weighted by molar-refractivity contribution is 9.12. The van der Waals surface area contributed by atoms with Crippen molar-refractivity contribution in [3.8, 4) is 0 Å². The highest BCUT2D eigenvalue weighted by Crippen LogP contribution is 2.60. The lowest BCUT2D eigenvalue weighted by Gasteiger charge is -2.28. The van der Waals surface area contributed by atoms with Gasteiger partial charge >= 0.3 is 5.97 Å². The number of nitrogens with one attached hydrogen (secondary N) is 1. The van der Waals surface area contributed by atoms with Crippen molar-refractivity contribution < 1.29 is 23.9 Å². The van der Waals surface area contributed by atoms with Gasteiger partial charge in [-0.2, -0.15) is 0 Å². The normalized spacial score (nSPS) is 32.4. The van der Waals surface area contributed by atoms with Crippen LogP contribution in [0.25, 0.3) is 0 Å². The van der Waals surface area contributed by atoms with Gasteiger partial charge in [0.05, 0.1) is 11.8 Å². The maximum atomic E-state index is 12.8. The summed E-state index contributed by atoms with van der Waals surface area (Å²) in [6.07, 6.45) is 0.829. The van der Waals surface area contributed by atoms with Crippen molar-refractivity contribution in [1.82, 2.24) is 4.90 Å². The fraction of sp³-hybridized carbons (Fsp3) is 0.500. The maximum Gasteiger partial charge on any atom is 0.326 e. The Morgan fingerprint density at radius 1 is 1.07 bits per heavy atom. The van der Waals surface area contributed by atoms with Crippen molar-refractivity contribution in [2.75, 3.05) is 18.5 Å². The van der Waals surface area contributed by atoms with Gasteiger partial charge in [0, 0.05) is 15.3 Å². The van der Waals surface area contributed by atoms with E-state index in [0.29, 0.717) is 5.69 Å². The van der Waals surface area contributed by atoms with Crippen LogP contribution in [0.15, 0.2) is 24.3 Å². The lowest BCUT2D eigenvalue weighted by atomic mass is 9.81. The molecule has 6 atom stereocenters. The van der Waals surface area contributed by atoms with Gasteiger partial charge in [-0.05, 0) is 37.3 Å². The molecule has 1 aliphatic heterocycles. The molecule has 1 aromatic rings. The van der Waals surface area contributed by atoms with E-state index in [-0.39, 0.29) is 45.1 Å². The number of aryl methyl sites for hydroxylation is 1. The van der Waals surface area contributed by atoms with Crippen molar-refractivity contribution in [1.29, 1.82) is 0 Å². The summed E-state index contributed by atoms with van der Waals surface area (Å²) in [5, 5.41) is 2.62. The van der Waals surface area contributed by atoms with E-state index >= 15 is 0 Å². The van der Waals surface area contributed by atoms with Crippen LogP contribution in [0.2, 0.25) is 0 Å². The molecule has 0 unspecified atom stereocenters. The number of ether oxygens (including phenoxy) is 1. The van der Waals surface area contributed by atoms with Crippen LogP contribution >= 0.6 is 31.9 Å². The first-order valence-electron chi connectivity index (χ1n) is 9.43. The van der Waals surface area contributed by atoms with Crippen molar-refractivity contribution in [2.45, 2.75) is 23.0 Å². The van der Waals surface area contributed by atoms with Gasteiger partial charge < -0.3 is 10.1 Å². The van der Waals surface area contributed by atoms with E-state index in [2.05, 4.69) is 37.2 Å². The van der Waals surface area contributed by atoms with E-state index in [0.717, 1.165) is 16.9 Å². The van der Waals surface area contributed by atoms with Gasteiger partial charge in [-0.15, -0.1) is 0 Å². The summed E-state index contributed by atoms with van der Waals surface area (Å²) in [5.41, 5.74) is 1.66. The third-order valence-corrected chi connectivity index (χ3v) is 9.27. The molecule has 9 heteroatoms. The van der Waals surface area contributed by atoms with Gasteiger partial charge in [0.1, 0.15) is 6.54 Å². The number of rotatable bonds is 5. The number of hydrogen-bond acceptors (Lipinski definition) is 5. The van der Waals surface area contributed by atoms with Gasteiger partial charge in [-0.25, -0.2) is 0 Å². The van der Waals surface area contributed by atoms with Gasteiger partial charge in [-0.3, -0.25) is 24.1 Å². The second-order valence-corrected chi connectivity index (χ2v) is 9.96. The number of carbonyl (C=O) groups is 4. The molecule has 7 nitrogen and oxygen atoms in total. The Bertz CT molecular complexity index is 842. The molecule has 1 N–H and O–H groups in total. The van der Waals surface area contributed by atoms with Crippen LogP contribution in [0.5, 0.6) is 0 Å². The van der Waals surface area contributed by atoms with Crippen molar-refractivity contribution in [2.24, 2.45) is 23.7 Å². The zero-order valence-electron chi connectivity index (χ0n) is 15.6. The Hall–Kier alpha value is -1.74. The van der Waals surface area contributed by atoms with Crippen LogP contribution in [-0.2, 0) is 23.9 Å². The number of alkyl halides is 2. The Morgan fingerprint density at radius 3 is 2.17 bits per heavy atom. The van der Waals surface area contributed by atoms with Crippen molar-refractivity contribution in [3.05, 3.63) is 29.8 Å². The predicted molar refractivity (Wildman–Crippen MR) is 111 cm³/mol. The van der Waals surface area contributed by atoms with Crippen molar-refractivity contribution in [3.63, 3.8) is 0 Å². The summed E-state index contributed by atoms with van der Waals surface area (Å²) in [5.74, 6) is -2.44. The minimum Gasteiger partial charge on any atom is -0.454 e. The Balaban J connectivity index is 1.31. The van der Waals surface area contributed by atoms with Crippen LogP contribution in [-0.4, -0.2) is 51.4 Å². The van der Waals surface area contributed by atoms with Gasteiger partial charge in [0.2, 0.25) is 11.8 Å². The first-order valence-corrected chi connectivity index (χ1v) is 11.3. The largest absolute Gasteiger partial charge is 0.454 e. The number of fused-ring (bicyclic) bond motifs is 5. The number of carbonyl (C=O) groups excluding carboxylic acids is 4. The fourth-order valence-electron chi connectivity index (χ4n) is 4.72. The van der Waals surface area contributed by atoms with E-state index in [1.165, 1.54) is 0 Å². The average Bonchev–Trinajstić information content (AvgIpc) is 3.29. The lowest BCUT2D eigenvalue weighted by Crippen LogP contribution is -2.38. The standard InChI is InChI=1S/C20H20Br2N2O5/c1-9-2-4-10(5-3-9)23-13(25)8-29-14(26)7-24-19(27)15-11-6-12(16(15)20(24)28)18(22)17(11)21/h2-5,11-12,15-18H,6-8H2,1H3,(H,23,25)/t11-,12-,15-,16+,17+,18+/m1/s1. The monoisotopic (exact) mass is 526 g/mol. The molecule has 0 aromatic heterocycles. The van der Waals surface area contributed by atoms with E-state index in [4.69, 9.17) is 4.74 Å². The van der Waals surface area contributed by atoms with E-state index in [1.54, 1.807) is 12.1 Å². The lowest BCUT2D eigenvalue weighted by molar-refractivity contribution is -0.154. The van der Waals surface area contributed by atoms with Crippen LogP contribution < -0.4 is 5.32 Å². The Morgan fingerprint density at radius 2 is 1.62 bits per heavy atom. The number of amides is 3. The quantitative estimate of drug-likeness (QED) is 0.360. The molecule has 2 aliphatic carbocycles. The second kappa shape index (κ2) is 7.83. The fourth-order valence-corrected chi connectivity index (χ4v) is 6.59. The molecule has 2 bridgehead atoms. The van der Waals surface area contributed by atoms with Crippen molar-refractivity contribution >= 4 is 61.2 Å². The van der Waals surface area contributed by atoms with Gasteiger partial charge in [0.25, 0.3) is 5.91 Å². The molecule has 1 aromatic carbocycles. The van der Waals surface area contributed by atoms with Gasteiger partial charge in [-0.1, -0.05) is 49.6 Å². The maximum absolute atomic E-state index is 12.8. The summed E-state index contributed by atoms with van der Waals surface area (Å²) in [6.45, 7) is 1.000. The van der Waals surface area contributed by atoms with Crippen LogP contribution in [0.3, 0.4) is 0 Å². The number of esters is 1. The molecule has 1 saturated heterocycles. The molecule has 0 radical (unpaired) electrons. The number of benzene rings is 1. The second-order valence-electron chi connectivity index (χ2n) is 7.84. The summed E-state index contributed by atoms with van der Waals surface area (Å²) in [4.78, 5) is 50.9. The zero-order valence-corrected chi connectivity index (χ0v) is 18.8. The minimum absolute atomic E-state index is 0.0899. The zero-order chi connectivity index (χ0) is 20.9. The minimum atomic E-state index is -0.774. The summed E-state index contributed by atoms with van der Waals surface area (Å²) in [6, 6.07) is 7.20. The first-order chi connectivity index (χ1) is 13.8. The van der Waals surface area contributed by atoms with E-state index in [1.807, 2.05) is 19.1 Å². The molecule has 3 fully saturated rings. The molecule has 2 saturated carbocycles. The van der Waals surface area contributed by atoms with Gasteiger partial charge in [0.15, 0.2) is 6.61 Å². The van der Waals surface area contributed by atoms with E-state index in [9.17, 15) is 19.2 Å². The summed E-state index contributed by atoms with van der Waals surface area (Å²) in [7, 11) is 0. The molecular weight excluding hydrogens is 508 g/mol. The number of nitrogens with zero attached hydrogens (tertiary/aromatic N) is 1. The first kappa shape index (κ1) is 20.5. The summed E-state index contributed by atoms with van der Waals surface area (Å²) < 4.78 is 4.98. The highest BCUT2D eigenvalue weighted by Gasteiger charge is 2.66. The molecule has 154 valence electrons. The molecule has 3 amide bonds. The Kier molecular flexibility index (Phi) is 5.54. The third-order valence-electron chi connectivity index (χ3n) is 6.07. The third kappa shape index (κ3) is 3.63. The number of halogens is 2. The van der Waals surface area contributed by atoms with Crippen LogP contribution in [0, 0.1) is 30.6 Å². The number of anilines is 1. The molecular formula is C20H20Br2N2O5. The molecule has 4 rings (SSSR count). The molecule has 3 aliphatic rings. The molecule has 0 spiro atoms. The number of imide groups is 1. The SMILES string of the molecule is Cc1ccc(NC(=O)COC(=O)CN2C(=O)[C@@H]3[C@H]4C[C@@H]([C@H](Br)[C@H]4Br)[C@@H]3C2=O)cc1. The summed E-state index contributed by atoms with van der Waals surface area (Å²) >= 11 is 7.24. The van der Waals surface area contributed by atoms with Crippen LogP contribution in [0.4, 0.5) is 5.69 Å². The number of hydrogen-bond donors (Lipinski definition) is 1. The smallest absolute Gasteiger partial charge is 0.326 e. The average molecular weight is 528 g/mol. The van der Waals surface area contributed by atoms with E-state index < -0.39 is 25.0 Å². The topological polar surface area (TPSA) is 92.8 Å². The number of likely N-dealkylation sites (tertiary alicyclic amines) is 1. The van der Waals surface area contributed by atoms with Crippen LogP contribution in [0.1, 0.15) is 12.0 Å². The predicted octanol–water partition coefficient (Wildman–Crippen LogP) is 2.25.